The van der Waals surface area contributed by atoms with E-state index in [2.05, 4.69) is 4.98 Å². The third-order valence-electron chi connectivity index (χ3n) is 2.32. The highest BCUT2D eigenvalue weighted by molar-refractivity contribution is 7.09. The Morgan fingerprint density at radius 3 is 3.21 bits per heavy atom. The van der Waals surface area contributed by atoms with Crippen molar-refractivity contribution in [2.45, 2.75) is 18.9 Å². The van der Waals surface area contributed by atoms with Crippen molar-refractivity contribution in [1.29, 1.82) is 0 Å². The van der Waals surface area contributed by atoms with Crippen LogP contribution in [0.25, 0.3) is 0 Å². The molecule has 1 aromatic rings. The van der Waals surface area contributed by atoms with Crippen molar-refractivity contribution < 1.29 is 14.6 Å². The van der Waals surface area contributed by atoms with Gasteiger partial charge in [-0.2, -0.15) is 0 Å². The van der Waals surface area contributed by atoms with Crippen LogP contribution in [0.3, 0.4) is 0 Å². The molecule has 1 aliphatic carbocycles. The number of nitrogens with zero attached hydrogens (tertiary/aromatic N) is 1. The lowest BCUT2D eigenvalue weighted by Crippen LogP contribution is -1.99. The lowest BCUT2D eigenvalue weighted by atomic mass is 10.2. The normalized spacial score (nSPS) is 24.9. The SMILES string of the molecule is COCc1nc([C@@H]2C[C@H]2C(=O)O)cs1. The number of carboxylic acid groups (broad SMARTS) is 1. The van der Waals surface area contributed by atoms with Crippen molar-refractivity contribution in [3.8, 4) is 0 Å². The molecular formula is C9H11NO3S. The number of hydrogen-bond donors (Lipinski definition) is 1. The van der Waals surface area contributed by atoms with Crippen LogP contribution in [0, 0.1) is 5.92 Å². The third-order valence-corrected chi connectivity index (χ3v) is 3.17. The Kier molecular flexibility index (Phi) is 2.52. The summed E-state index contributed by atoms with van der Waals surface area (Å²) in [5.41, 5.74) is 0.912. The molecule has 2 rings (SSSR count). The Hall–Kier alpha value is -0.940. The van der Waals surface area contributed by atoms with Crippen LogP contribution in [-0.2, 0) is 16.1 Å². The van der Waals surface area contributed by atoms with E-state index in [1.54, 1.807) is 7.11 Å². The fraction of sp³-hybridized carbons (Fsp3) is 0.556. The minimum Gasteiger partial charge on any atom is -0.481 e. The Bertz CT molecular complexity index is 350. The summed E-state index contributed by atoms with van der Waals surface area (Å²) in [4.78, 5) is 15.0. The maximum absolute atomic E-state index is 10.6. The molecule has 1 aliphatic rings. The molecule has 0 unspecified atom stereocenters. The first-order chi connectivity index (χ1) is 6.72. The first kappa shape index (κ1) is 9.61. The second-order valence-electron chi connectivity index (χ2n) is 3.39. The van der Waals surface area contributed by atoms with Crippen LogP contribution in [0.4, 0.5) is 0 Å². The zero-order valence-electron chi connectivity index (χ0n) is 7.77. The lowest BCUT2D eigenvalue weighted by Gasteiger charge is -1.91. The van der Waals surface area contributed by atoms with E-state index in [4.69, 9.17) is 9.84 Å². The summed E-state index contributed by atoms with van der Waals surface area (Å²) in [6.07, 6.45) is 0.728. The van der Waals surface area contributed by atoms with Gasteiger partial charge in [0.25, 0.3) is 0 Å². The molecule has 0 amide bonds. The van der Waals surface area contributed by atoms with Crippen molar-refractivity contribution in [2.24, 2.45) is 5.92 Å². The number of carboxylic acids is 1. The zero-order valence-corrected chi connectivity index (χ0v) is 8.58. The molecule has 0 saturated heterocycles. The fourth-order valence-electron chi connectivity index (χ4n) is 1.48. The highest BCUT2D eigenvalue weighted by atomic mass is 32.1. The predicted octanol–water partition coefficient (Wildman–Crippen LogP) is 1.48. The van der Waals surface area contributed by atoms with E-state index in [9.17, 15) is 4.79 Å². The number of thiazole rings is 1. The van der Waals surface area contributed by atoms with Crippen LogP contribution < -0.4 is 0 Å². The van der Waals surface area contributed by atoms with Crippen molar-refractivity contribution in [3.05, 3.63) is 16.1 Å². The van der Waals surface area contributed by atoms with Gasteiger partial charge in [0.2, 0.25) is 0 Å². The molecule has 14 heavy (non-hydrogen) atoms. The number of aliphatic carboxylic acids is 1. The molecule has 1 fully saturated rings. The smallest absolute Gasteiger partial charge is 0.307 e. The second-order valence-corrected chi connectivity index (χ2v) is 4.33. The summed E-state index contributed by atoms with van der Waals surface area (Å²) in [6, 6.07) is 0. The maximum atomic E-state index is 10.6. The molecule has 5 heteroatoms. The highest BCUT2D eigenvalue weighted by Crippen LogP contribution is 2.47. The van der Waals surface area contributed by atoms with Gasteiger partial charge in [0.05, 0.1) is 18.2 Å². The first-order valence-electron chi connectivity index (χ1n) is 4.38. The lowest BCUT2D eigenvalue weighted by molar-refractivity contribution is -0.138. The van der Waals surface area contributed by atoms with E-state index in [0.717, 1.165) is 17.1 Å². The minimum atomic E-state index is -0.712. The Balaban J connectivity index is 2.01. The van der Waals surface area contributed by atoms with Crippen molar-refractivity contribution in [2.75, 3.05) is 7.11 Å². The van der Waals surface area contributed by atoms with E-state index in [0.29, 0.717) is 6.61 Å². The van der Waals surface area contributed by atoms with Gasteiger partial charge >= 0.3 is 5.97 Å². The summed E-state index contributed by atoms with van der Waals surface area (Å²) in [7, 11) is 1.62. The Morgan fingerprint density at radius 2 is 2.64 bits per heavy atom. The monoisotopic (exact) mass is 213 g/mol. The summed E-state index contributed by atoms with van der Waals surface area (Å²) < 4.78 is 4.95. The molecule has 1 heterocycles. The average Bonchev–Trinajstić information content (AvgIpc) is 2.82. The maximum Gasteiger partial charge on any atom is 0.307 e. The molecule has 0 spiro atoms. The molecule has 0 radical (unpaired) electrons. The van der Waals surface area contributed by atoms with Gasteiger partial charge in [-0.3, -0.25) is 4.79 Å². The van der Waals surface area contributed by atoms with Crippen LogP contribution in [-0.4, -0.2) is 23.2 Å². The van der Waals surface area contributed by atoms with Gasteiger partial charge in [-0.05, 0) is 6.42 Å². The largest absolute Gasteiger partial charge is 0.481 e. The van der Waals surface area contributed by atoms with Gasteiger partial charge in [-0.1, -0.05) is 0 Å². The van der Waals surface area contributed by atoms with Gasteiger partial charge in [-0.15, -0.1) is 11.3 Å². The van der Waals surface area contributed by atoms with Crippen molar-refractivity contribution in [1.82, 2.24) is 4.98 Å². The van der Waals surface area contributed by atoms with Crippen LogP contribution in [0.2, 0.25) is 0 Å². The number of ether oxygens (including phenoxy) is 1. The molecule has 4 nitrogen and oxygen atoms in total. The van der Waals surface area contributed by atoms with Crippen LogP contribution >= 0.6 is 11.3 Å². The molecule has 76 valence electrons. The molecular weight excluding hydrogens is 202 g/mol. The van der Waals surface area contributed by atoms with Gasteiger partial charge < -0.3 is 9.84 Å². The van der Waals surface area contributed by atoms with E-state index in [-0.39, 0.29) is 11.8 Å². The van der Waals surface area contributed by atoms with Crippen molar-refractivity contribution >= 4 is 17.3 Å². The van der Waals surface area contributed by atoms with Crippen LogP contribution in [0.1, 0.15) is 23.0 Å². The molecule has 1 aromatic heterocycles. The summed E-state index contributed by atoms with van der Waals surface area (Å²) in [5.74, 6) is -0.793. The fourth-order valence-corrected chi connectivity index (χ4v) is 2.31. The summed E-state index contributed by atoms with van der Waals surface area (Å²) >= 11 is 1.53. The number of hydrogen-bond acceptors (Lipinski definition) is 4. The van der Waals surface area contributed by atoms with E-state index in [1.807, 2.05) is 5.38 Å². The molecule has 0 aromatic carbocycles. The number of carbonyl (C=O) groups is 1. The van der Waals surface area contributed by atoms with Gasteiger partial charge in [0, 0.05) is 18.4 Å². The molecule has 2 atom stereocenters. The molecule has 1 N–H and O–H groups in total. The third kappa shape index (κ3) is 1.78. The summed E-state index contributed by atoms with van der Waals surface area (Å²) in [6.45, 7) is 0.509. The van der Waals surface area contributed by atoms with Crippen molar-refractivity contribution in [3.63, 3.8) is 0 Å². The molecule has 1 saturated carbocycles. The van der Waals surface area contributed by atoms with Crippen LogP contribution in [0.15, 0.2) is 5.38 Å². The number of aromatic nitrogens is 1. The second kappa shape index (κ2) is 3.67. The number of rotatable bonds is 4. The Labute approximate surface area is 85.5 Å². The summed E-state index contributed by atoms with van der Waals surface area (Å²) in [5, 5.41) is 11.6. The minimum absolute atomic E-state index is 0.134. The van der Waals surface area contributed by atoms with Gasteiger partial charge in [0.1, 0.15) is 5.01 Å². The number of methoxy groups -OCH3 is 1. The van der Waals surface area contributed by atoms with Crippen LogP contribution in [0.5, 0.6) is 0 Å². The average molecular weight is 213 g/mol. The highest BCUT2D eigenvalue weighted by Gasteiger charge is 2.45. The topological polar surface area (TPSA) is 59.4 Å². The van der Waals surface area contributed by atoms with E-state index >= 15 is 0 Å². The standard InChI is InChI=1S/C9H11NO3S/c1-13-3-8-10-7(4-14-8)5-2-6(5)9(11)12/h4-6H,2-3H2,1H3,(H,11,12)/t5-,6-/m1/s1. The quantitative estimate of drug-likeness (QED) is 0.823. The van der Waals surface area contributed by atoms with E-state index in [1.165, 1.54) is 11.3 Å². The van der Waals surface area contributed by atoms with E-state index < -0.39 is 5.97 Å². The van der Waals surface area contributed by atoms with Gasteiger partial charge in [0.15, 0.2) is 0 Å². The van der Waals surface area contributed by atoms with Gasteiger partial charge in [-0.25, -0.2) is 4.98 Å². The zero-order chi connectivity index (χ0) is 10.1. The predicted molar refractivity (Wildman–Crippen MR) is 51.3 cm³/mol. The first-order valence-corrected chi connectivity index (χ1v) is 5.26. The Morgan fingerprint density at radius 1 is 1.86 bits per heavy atom. The molecule has 0 bridgehead atoms. The molecule has 0 aliphatic heterocycles.